The summed E-state index contributed by atoms with van der Waals surface area (Å²) in [6, 6.07) is 26.8. The van der Waals surface area contributed by atoms with Crippen molar-refractivity contribution >= 4 is 30.3 Å². The van der Waals surface area contributed by atoms with E-state index in [1.54, 1.807) is 6.20 Å². The van der Waals surface area contributed by atoms with Gasteiger partial charge in [0.15, 0.2) is 0 Å². The van der Waals surface area contributed by atoms with E-state index in [1.165, 1.54) is 5.56 Å². The van der Waals surface area contributed by atoms with Gasteiger partial charge in [0, 0.05) is 11.8 Å². The minimum absolute atomic E-state index is 0.767. The highest BCUT2D eigenvalue weighted by molar-refractivity contribution is 5.86. The minimum Gasteiger partial charge on any atom is -0.272 e. The molecule has 0 radical (unpaired) electrons. The van der Waals surface area contributed by atoms with Gasteiger partial charge in [0.05, 0.1) is 5.70 Å². The largest absolute Gasteiger partial charge is 0.272 e. The monoisotopic (exact) mass is 402 g/mol. The van der Waals surface area contributed by atoms with Crippen LogP contribution in [0.3, 0.4) is 0 Å². The van der Waals surface area contributed by atoms with Gasteiger partial charge in [0.1, 0.15) is 0 Å². The molecule has 0 amide bonds. The predicted octanol–water partition coefficient (Wildman–Crippen LogP) is 7.73. The summed E-state index contributed by atoms with van der Waals surface area (Å²) < 4.78 is 0. The van der Waals surface area contributed by atoms with Crippen LogP contribution in [0.15, 0.2) is 120 Å². The van der Waals surface area contributed by atoms with Crippen LogP contribution in [0.5, 0.6) is 0 Å². The smallest absolute Gasteiger partial charge is 0.0700 e. The molecule has 0 bridgehead atoms. The predicted molar refractivity (Wildman–Crippen MR) is 137 cm³/mol. The molecule has 0 aliphatic rings. The van der Waals surface area contributed by atoms with E-state index >= 15 is 0 Å². The fourth-order valence-electron chi connectivity index (χ4n) is 3.35. The molecule has 2 nitrogen and oxygen atoms in total. The van der Waals surface area contributed by atoms with Crippen molar-refractivity contribution in [2.24, 2.45) is 9.98 Å². The number of allylic oxidation sites excluding steroid dienone is 5. The Labute approximate surface area is 185 Å². The number of nitrogens with zero attached hydrogens (tertiary/aromatic N) is 2. The van der Waals surface area contributed by atoms with Crippen molar-refractivity contribution in [3.8, 4) is 11.1 Å². The first kappa shape index (κ1) is 21.7. The zero-order chi connectivity index (χ0) is 22.1. The Bertz CT molecular complexity index is 1180. The molecule has 0 spiro atoms. The highest BCUT2D eigenvalue weighted by atomic mass is 14.7. The first-order valence-corrected chi connectivity index (χ1v) is 10.1. The minimum atomic E-state index is 0.767. The number of rotatable bonds is 8. The van der Waals surface area contributed by atoms with Crippen molar-refractivity contribution < 1.29 is 0 Å². The van der Waals surface area contributed by atoms with Crippen molar-refractivity contribution in [3.63, 3.8) is 0 Å². The molecule has 3 rings (SSSR count). The van der Waals surface area contributed by atoms with Gasteiger partial charge < -0.3 is 0 Å². The lowest BCUT2D eigenvalue weighted by Crippen LogP contribution is -1.88. The van der Waals surface area contributed by atoms with Crippen LogP contribution in [0.4, 0.5) is 0 Å². The second-order valence-corrected chi connectivity index (χ2v) is 7.01. The van der Waals surface area contributed by atoms with Gasteiger partial charge >= 0.3 is 0 Å². The van der Waals surface area contributed by atoms with Crippen LogP contribution in [0.2, 0.25) is 0 Å². The molecular weight excluding hydrogens is 376 g/mol. The molecule has 0 unspecified atom stereocenters. The van der Waals surface area contributed by atoms with E-state index in [4.69, 9.17) is 0 Å². The second kappa shape index (κ2) is 10.7. The van der Waals surface area contributed by atoms with Gasteiger partial charge in [-0.15, -0.1) is 0 Å². The van der Waals surface area contributed by atoms with Gasteiger partial charge in [0.2, 0.25) is 0 Å². The van der Waals surface area contributed by atoms with E-state index in [9.17, 15) is 0 Å². The molecule has 0 fully saturated rings. The Morgan fingerprint density at radius 2 is 1.45 bits per heavy atom. The third-order valence-electron chi connectivity index (χ3n) is 4.89. The van der Waals surface area contributed by atoms with Crippen LogP contribution in [0, 0.1) is 0 Å². The summed E-state index contributed by atoms with van der Waals surface area (Å²) in [5.74, 6) is 0. The van der Waals surface area contributed by atoms with Crippen LogP contribution in [0.25, 0.3) is 28.0 Å². The van der Waals surface area contributed by atoms with Crippen molar-refractivity contribution in [3.05, 3.63) is 127 Å². The molecule has 31 heavy (non-hydrogen) atoms. The summed E-state index contributed by atoms with van der Waals surface area (Å²) >= 11 is 0. The van der Waals surface area contributed by atoms with Crippen LogP contribution in [-0.4, -0.2) is 13.4 Å². The maximum absolute atomic E-state index is 4.28. The van der Waals surface area contributed by atoms with E-state index in [-0.39, 0.29) is 0 Å². The number of hydrogen-bond donors (Lipinski definition) is 0. The standard InChI is InChI=1S/C29H26N2/c1-5-11-28(21-30-3)26-16-10-17-27(20-26)29(31-4)18-22(2)24-14-9-15-25(19-24)23-12-7-6-8-13-23/h5-21H,2-4H2,1H3/b11-5-,28-21+,29-18-. The normalized spacial score (nSPS) is 12.0. The quantitative estimate of drug-likeness (QED) is 0.272. The zero-order valence-corrected chi connectivity index (χ0v) is 17.8. The summed E-state index contributed by atoms with van der Waals surface area (Å²) in [6.45, 7) is 13.6. The Morgan fingerprint density at radius 3 is 2.16 bits per heavy atom. The maximum Gasteiger partial charge on any atom is 0.0700 e. The Balaban J connectivity index is 1.95. The fraction of sp³-hybridized carbons (Fsp3) is 0.0345. The van der Waals surface area contributed by atoms with Crippen molar-refractivity contribution in [1.29, 1.82) is 0 Å². The summed E-state index contributed by atoms with van der Waals surface area (Å²) in [7, 11) is 0. The molecule has 0 saturated heterocycles. The van der Waals surface area contributed by atoms with E-state index in [2.05, 4.69) is 72.5 Å². The van der Waals surface area contributed by atoms with E-state index in [0.29, 0.717) is 0 Å². The van der Waals surface area contributed by atoms with E-state index in [0.717, 1.165) is 39.1 Å². The first-order valence-electron chi connectivity index (χ1n) is 10.1. The number of benzene rings is 3. The van der Waals surface area contributed by atoms with Gasteiger partial charge in [-0.25, -0.2) is 0 Å². The Kier molecular flexibility index (Phi) is 7.45. The van der Waals surface area contributed by atoms with Gasteiger partial charge in [-0.1, -0.05) is 85.5 Å². The molecule has 3 aromatic rings. The summed E-state index contributed by atoms with van der Waals surface area (Å²) in [4.78, 5) is 8.19. The summed E-state index contributed by atoms with van der Waals surface area (Å²) in [5, 5.41) is 0. The lowest BCUT2D eigenvalue weighted by molar-refractivity contribution is 1.48. The molecule has 152 valence electrons. The molecule has 0 N–H and O–H groups in total. The van der Waals surface area contributed by atoms with Crippen LogP contribution in [-0.2, 0) is 0 Å². The second-order valence-electron chi connectivity index (χ2n) is 7.01. The molecular formula is C29H26N2. The van der Waals surface area contributed by atoms with Crippen LogP contribution >= 0.6 is 0 Å². The first-order chi connectivity index (χ1) is 15.2. The molecule has 0 aromatic heterocycles. The lowest BCUT2D eigenvalue weighted by atomic mass is 9.97. The topological polar surface area (TPSA) is 24.7 Å². The highest BCUT2D eigenvalue weighted by Gasteiger charge is 2.06. The third kappa shape index (κ3) is 5.52. The lowest BCUT2D eigenvalue weighted by Gasteiger charge is -2.09. The molecule has 0 saturated carbocycles. The SMILES string of the molecule is C=N/C=C(\C=C/C)c1cccc(/C(=C/C(=C)c2cccc(-c3ccccc3)c2)N=C)c1. The van der Waals surface area contributed by atoms with Gasteiger partial charge in [0.25, 0.3) is 0 Å². The van der Waals surface area contributed by atoms with Gasteiger partial charge in [-0.2, -0.15) is 0 Å². The van der Waals surface area contributed by atoms with Crippen molar-refractivity contribution in [2.45, 2.75) is 6.92 Å². The molecule has 2 heteroatoms. The molecule has 3 aromatic carbocycles. The molecule has 0 atom stereocenters. The average Bonchev–Trinajstić information content (AvgIpc) is 2.83. The third-order valence-corrected chi connectivity index (χ3v) is 4.89. The molecule has 0 aliphatic carbocycles. The number of aliphatic imine (C=N–C) groups is 2. The van der Waals surface area contributed by atoms with Crippen molar-refractivity contribution in [2.75, 3.05) is 0 Å². The summed E-state index contributed by atoms with van der Waals surface area (Å²) in [6.07, 6.45) is 7.71. The molecule has 0 aliphatic heterocycles. The molecule has 0 heterocycles. The Hall–Kier alpha value is -4.04. The zero-order valence-electron chi connectivity index (χ0n) is 17.8. The van der Waals surface area contributed by atoms with Gasteiger partial charge in [-0.3, -0.25) is 9.98 Å². The fourth-order valence-corrected chi connectivity index (χ4v) is 3.35. The van der Waals surface area contributed by atoms with Gasteiger partial charge in [-0.05, 0) is 72.0 Å². The average molecular weight is 403 g/mol. The Morgan fingerprint density at radius 1 is 0.774 bits per heavy atom. The van der Waals surface area contributed by atoms with E-state index in [1.807, 2.05) is 61.5 Å². The number of hydrogen-bond acceptors (Lipinski definition) is 2. The van der Waals surface area contributed by atoms with Crippen molar-refractivity contribution in [1.82, 2.24) is 0 Å². The summed E-state index contributed by atoms with van der Waals surface area (Å²) in [5.41, 5.74) is 8.00. The van der Waals surface area contributed by atoms with E-state index < -0.39 is 0 Å². The maximum atomic E-state index is 4.28. The van der Waals surface area contributed by atoms with Crippen LogP contribution < -0.4 is 0 Å². The van der Waals surface area contributed by atoms with Crippen LogP contribution in [0.1, 0.15) is 23.6 Å². The highest BCUT2D eigenvalue weighted by Crippen LogP contribution is 2.28.